The van der Waals surface area contributed by atoms with Gasteiger partial charge in [0, 0.05) is 6.08 Å². The maximum Gasteiger partial charge on any atom is 0.336 e. The van der Waals surface area contributed by atoms with E-state index >= 15 is 0 Å². The van der Waals surface area contributed by atoms with Gasteiger partial charge in [0.1, 0.15) is 11.5 Å². The molecule has 0 spiro atoms. The normalized spacial score (nSPS) is 10.6. The molecule has 0 N–H and O–H groups in total. The minimum Gasteiger partial charge on any atom is -0.497 e. The second kappa shape index (κ2) is 10.9. The van der Waals surface area contributed by atoms with E-state index in [0.717, 1.165) is 18.4 Å². The van der Waals surface area contributed by atoms with Crippen LogP contribution in [0.15, 0.2) is 48.5 Å². The van der Waals surface area contributed by atoms with Crippen LogP contribution in [0.2, 0.25) is 0 Å². The average molecular weight is 370 g/mol. The summed E-state index contributed by atoms with van der Waals surface area (Å²) in [6.07, 6.45) is 5.13. The van der Waals surface area contributed by atoms with Crippen LogP contribution in [0.3, 0.4) is 0 Å². The minimum absolute atomic E-state index is 0.457. The van der Waals surface area contributed by atoms with E-state index in [1.54, 1.807) is 37.5 Å². The number of methoxy groups -OCH3 is 1. The maximum absolute atomic E-state index is 12.0. The van der Waals surface area contributed by atoms with Gasteiger partial charge in [-0.2, -0.15) is 0 Å². The molecule has 0 aliphatic carbocycles. The summed E-state index contributed by atoms with van der Waals surface area (Å²) in [4.78, 5) is 12.0. The van der Waals surface area contributed by atoms with Gasteiger partial charge in [0.2, 0.25) is 0 Å². The molecule has 0 heterocycles. The van der Waals surface area contributed by atoms with Gasteiger partial charge in [0.25, 0.3) is 0 Å². The van der Waals surface area contributed by atoms with Gasteiger partial charge in [-0.3, -0.25) is 0 Å². The van der Waals surface area contributed by atoms with Crippen LogP contribution in [0.1, 0.15) is 32.3 Å². The number of rotatable bonds is 10. The summed E-state index contributed by atoms with van der Waals surface area (Å²) in [6.45, 7) is 5.23. The molecule has 0 unspecified atom stereocenters. The fourth-order valence-corrected chi connectivity index (χ4v) is 2.30. The van der Waals surface area contributed by atoms with Gasteiger partial charge in [-0.05, 0) is 61.4 Å². The van der Waals surface area contributed by atoms with Crippen molar-refractivity contribution in [1.82, 2.24) is 0 Å². The monoisotopic (exact) mass is 370 g/mol. The molecule has 0 radical (unpaired) electrons. The molecular formula is C22H26O5. The first-order chi connectivity index (χ1) is 13.2. The number of hydrogen-bond acceptors (Lipinski definition) is 5. The lowest BCUT2D eigenvalue weighted by Gasteiger charge is -2.12. The lowest BCUT2D eigenvalue weighted by atomic mass is 10.2. The zero-order chi connectivity index (χ0) is 19.5. The van der Waals surface area contributed by atoms with E-state index < -0.39 is 5.97 Å². The van der Waals surface area contributed by atoms with E-state index in [2.05, 4.69) is 6.92 Å². The molecule has 0 amide bonds. The highest BCUT2D eigenvalue weighted by Gasteiger charge is 2.06. The van der Waals surface area contributed by atoms with E-state index in [0.29, 0.717) is 36.2 Å². The molecule has 0 aliphatic rings. The Bertz CT molecular complexity index is 750. The Labute approximate surface area is 160 Å². The fraction of sp³-hybridized carbons (Fsp3) is 0.318. The number of esters is 1. The van der Waals surface area contributed by atoms with Crippen molar-refractivity contribution in [1.29, 1.82) is 0 Å². The molecule has 2 rings (SSSR count). The minimum atomic E-state index is -0.457. The van der Waals surface area contributed by atoms with Gasteiger partial charge in [0.15, 0.2) is 11.5 Å². The Morgan fingerprint density at radius 3 is 2.37 bits per heavy atom. The second-order valence-corrected chi connectivity index (χ2v) is 5.77. The Kier molecular flexibility index (Phi) is 8.23. The van der Waals surface area contributed by atoms with Crippen LogP contribution in [0.5, 0.6) is 23.0 Å². The topological polar surface area (TPSA) is 54.0 Å². The third kappa shape index (κ3) is 6.70. The summed E-state index contributed by atoms with van der Waals surface area (Å²) in [5, 5.41) is 0. The van der Waals surface area contributed by atoms with Crippen LogP contribution >= 0.6 is 0 Å². The van der Waals surface area contributed by atoms with Gasteiger partial charge in [-0.15, -0.1) is 0 Å². The number of carbonyl (C=O) groups is 1. The molecular weight excluding hydrogens is 344 g/mol. The molecule has 27 heavy (non-hydrogen) atoms. The molecule has 0 saturated carbocycles. The van der Waals surface area contributed by atoms with Crippen molar-refractivity contribution in [2.24, 2.45) is 0 Å². The summed E-state index contributed by atoms with van der Waals surface area (Å²) in [6, 6.07) is 12.4. The Morgan fingerprint density at radius 1 is 0.963 bits per heavy atom. The van der Waals surface area contributed by atoms with Gasteiger partial charge >= 0.3 is 5.97 Å². The highest BCUT2D eigenvalue weighted by Crippen LogP contribution is 2.29. The summed E-state index contributed by atoms with van der Waals surface area (Å²) in [7, 11) is 1.58. The van der Waals surface area contributed by atoms with Gasteiger partial charge in [0.05, 0.1) is 20.3 Å². The molecule has 5 nitrogen and oxygen atoms in total. The predicted molar refractivity (Wildman–Crippen MR) is 106 cm³/mol. The SMILES string of the molecule is CCCCOc1ccc(/C=C/C(=O)Oc2ccc(OC)cc2)cc1OCC. The lowest BCUT2D eigenvalue weighted by molar-refractivity contribution is -0.128. The summed E-state index contributed by atoms with van der Waals surface area (Å²) in [5.41, 5.74) is 0.827. The first-order valence-corrected chi connectivity index (χ1v) is 9.09. The first-order valence-electron chi connectivity index (χ1n) is 9.09. The second-order valence-electron chi connectivity index (χ2n) is 5.77. The van der Waals surface area contributed by atoms with Crippen LogP contribution in [0, 0.1) is 0 Å². The van der Waals surface area contributed by atoms with Crippen LogP contribution in [0.25, 0.3) is 6.08 Å². The molecule has 0 bridgehead atoms. The average Bonchev–Trinajstić information content (AvgIpc) is 2.69. The van der Waals surface area contributed by atoms with Gasteiger partial charge < -0.3 is 18.9 Å². The summed E-state index contributed by atoms with van der Waals surface area (Å²) < 4.78 is 21.7. The highest BCUT2D eigenvalue weighted by molar-refractivity contribution is 5.88. The maximum atomic E-state index is 12.0. The zero-order valence-electron chi connectivity index (χ0n) is 16.1. The van der Waals surface area contributed by atoms with E-state index in [4.69, 9.17) is 18.9 Å². The van der Waals surface area contributed by atoms with Crippen LogP contribution in [0.4, 0.5) is 0 Å². The number of hydrogen-bond donors (Lipinski definition) is 0. The van der Waals surface area contributed by atoms with Crippen molar-refractivity contribution < 1.29 is 23.7 Å². The molecule has 0 fully saturated rings. The van der Waals surface area contributed by atoms with Crippen molar-refractivity contribution in [3.05, 3.63) is 54.1 Å². The molecule has 0 saturated heterocycles. The largest absolute Gasteiger partial charge is 0.497 e. The number of carbonyl (C=O) groups excluding carboxylic acids is 1. The molecule has 0 aliphatic heterocycles. The molecule has 144 valence electrons. The zero-order valence-corrected chi connectivity index (χ0v) is 16.1. The van der Waals surface area contributed by atoms with Crippen molar-refractivity contribution >= 4 is 12.0 Å². The van der Waals surface area contributed by atoms with E-state index in [1.807, 2.05) is 25.1 Å². The quantitative estimate of drug-likeness (QED) is 0.258. The van der Waals surface area contributed by atoms with E-state index in [-0.39, 0.29) is 0 Å². The van der Waals surface area contributed by atoms with Gasteiger partial charge in [-0.1, -0.05) is 19.4 Å². The Morgan fingerprint density at radius 2 is 1.70 bits per heavy atom. The number of unbranched alkanes of at least 4 members (excludes halogenated alkanes) is 1. The lowest BCUT2D eigenvalue weighted by Crippen LogP contribution is -2.03. The molecule has 5 heteroatoms. The van der Waals surface area contributed by atoms with Gasteiger partial charge in [-0.25, -0.2) is 4.79 Å². The summed E-state index contributed by atoms with van der Waals surface area (Å²) in [5.74, 6) is 2.08. The molecule has 0 aromatic heterocycles. The Balaban J connectivity index is 2.01. The molecule has 2 aromatic carbocycles. The summed E-state index contributed by atoms with van der Waals surface area (Å²) >= 11 is 0. The third-order valence-corrected chi connectivity index (χ3v) is 3.71. The predicted octanol–water partition coefficient (Wildman–Crippen LogP) is 4.89. The van der Waals surface area contributed by atoms with Crippen LogP contribution in [-0.2, 0) is 4.79 Å². The fourth-order valence-electron chi connectivity index (χ4n) is 2.30. The molecule has 2 aromatic rings. The smallest absolute Gasteiger partial charge is 0.336 e. The first kappa shape index (κ1) is 20.4. The van der Waals surface area contributed by atoms with Crippen LogP contribution < -0.4 is 18.9 Å². The molecule has 0 atom stereocenters. The third-order valence-electron chi connectivity index (χ3n) is 3.71. The van der Waals surface area contributed by atoms with E-state index in [1.165, 1.54) is 6.08 Å². The van der Waals surface area contributed by atoms with Crippen molar-refractivity contribution in [3.63, 3.8) is 0 Å². The number of ether oxygens (including phenoxy) is 4. The van der Waals surface area contributed by atoms with Crippen molar-refractivity contribution in [2.45, 2.75) is 26.7 Å². The standard InChI is InChI=1S/C22H26O5/c1-4-6-15-26-20-13-7-17(16-21(20)25-5-2)8-14-22(23)27-19-11-9-18(24-3)10-12-19/h7-14,16H,4-6,15H2,1-3H3/b14-8+. The number of benzene rings is 2. The van der Waals surface area contributed by atoms with Crippen molar-refractivity contribution in [3.8, 4) is 23.0 Å². The highest BCUT2D eigenvalue weighted by atomic mass is 16.5. The van der Waals surface area contributed by atoms with E-state index in [9.17, 15) is 4.79 Å². The van der Waals surface area contributed by atoms with Crippen molar-refractivity contribution in [2.75, 3.05) is 20.3 Å². The van der Waals surface area contributed by atoms with Crippen LogP contribution in [-0.4, -0.2) is 26.3 Å². The Hall–Kier alpha value is -2.95.